The zero-order valence-corrected chi connectivity index (χ0v) is 13.3. The molecule has 1 heterocycles. The Hall–Kier alpha value is -1.08. The molecule has 0 unspecified atom stereocenters. The van der Waals surface area contributed by atoms with Crippen LogP contribution < -0.4 is 5.32 Å². The Morgan fingerprint density at radius 3 is 2.58 bits per heavy atom. The molecular formula is C12H24N2O4Si. The van der Waals surface area contributed by atoms with Crippen LogP contribution in [0.25, 0.3) is 0 Å². The van der Waals surface area contributed by atoms with E-state index in [1.165, 1.54) is 0 Å². The van der Waals surface area contributed by atoms with Crippen molar-refractivity contribution >= 4 is 20.3 Å². The van der Waals surface area contributed by atoms with E-state index in [0.717, 1.165) is 4.90 Å². The minimum Gasteiger partial charge on any atom is -0.465 e. The Morgan fingerprint density at radius 2 is 2.11 bits per heavy atom. The molecule has 0 spiro atoms. The molecule has 0 saturated carbocycles. The standard InChI is InChI=1S/C12H24N2O4Si/c1-12(2,3)19(4,5)18-8-9-6-14(11(16)17)7-10(15)13-9/h9H,6-8H2,1-5H3,(H,13,15)(H,16,17)/t9-/m0/s1. The number of rotatable bonds is 3. The highest BCUT2D eigenvalue weighted by molar-refractivity contribution is 6.74. The van der Waals surface area contributed by atoms with Gasteiger partial charge in [0.15, 0.2) is 8.32 Å². The van der Waals surface area contributed by atoms with Crippen LogP contribution in [0.5, 0.6) is 0 Å². The molecule has 0 aromatic carbocycles. The molecular weight excluding hydrogens is 264 g/mol. The molecule has 1 rings (SSSR count). The lowest BCUT2D eigenvalue weighted by atomic mass is 10.2. The Balaban J connectivity index is 2.58. The third-order valence-corrected chi connectivity index (χ3v) is 8.36. The van der Waals surface area contributed by atoms with Gasteiger partial charge in [0.05, 0.1) is 12.6 Å². The van der Waals surface area contributed by atoms with Crippen LogP contribution in [0.2, 0.25) is 18.1 Å². The molecule has 19 heavy (non-hydrogen) atoms. The Morgan fingerprint density at radius 1 is 1.53 bits per heavy atom. The normalized spacial score (nSPS) is 21.2. The summed E-state index contributed by atoms with van der Waals surface area (Å²) in [6.45, 7) is 11.2. The minimum absolute atomic E-state index is 0.0913. The van der Waals surface area contributed by atoms with Crippen LogP contribution in [-0.2, 0) is 9.22 Å². The molecule has 1 aliphatic rings. The number of hydrogen-bond donors (Lipinski definition) is 2. The first kappa shape index (κ1) is 16.0. The first-order valence-corrected chi connectivity index (χ1v) is 9.35. The molecule has 1 atom stereocenters. The van der Waals surface area contributed by atoms with E-state index >= 15 is 0 Å². The van der Waals surface area contributed by atoms with Gasteiger partial charge in [-0.05, 0) is 18.1 Å². The molecule has 0 aromatic rings. The van der Waals surface area contributed by atoms with Gasteiger partial charge in [0.2, 0.25) is 5.91 Å². The molecule has 110 valence electrons. The van der Waals surface area contributed by atoms with E-state index in [0.29, 0.717) is 6.61 Å². The van der Waals surface area contributed by atoms with Crippen LogP contribution in [0.4, 0.5) is 4.79 Å². The van der Waals surface area contributed by atoms with Crippen LogP contribution in [-0.4, -0.2) is 56.1 Å². The molecule has 1 saturated heterocycles. The molecule has 1 aliphatic heterocycles. The average Bonchev–Trinajstić information content (AvgIpc) is 2.24. The maximum Gasteiger partial charge on any atom is 0.407 e. The summed E-state index contributed by atoms with van der Waals surface area (Å²) in [6.07, 6.45) is -1.06. The highest BCUT2D eigenvalue weighted by Crippen LogP contribution is 2.36. The predicted octanol–water partition coefficient (Wildman–Crippen LogP) is 1.49. The van der Waals surface area contributed by atoms with E-state index in [1.807, 2.05) is 0 Å². The van der Waals surface area contributed by atoms with E-state index in [1.54, 1.807) is 0 Å². The van der Waals surface area contributed by atoms with Crippen molar-refractivity contribution < 1.29 is 19.1 Å². The van der Waals surface area contributed by atoms with Gasteiger partial charge in [-0.25, -0.2) is 4.79 Å². The Bertz CT molecular complexity index is 365. The summed E-state index contributed by atoms with van der Waals surface area (Å²) in [5.74, 6) is -0.266. The lowest BCUT2D eigenvalue weighted by Gasteiger charge is -2.38. The van der Waals surface area contributed by atoms with Crippen molar-refractivity contribution in [3.05, 3.63) is 0 Å². The van der Waals surface area contributed by atoms with Gasteiger partial charge >= 0.3 is 6.09 Å². The van der Waals surface area contributed by atoms with Crippen LogP contribution in [0.1, 0.15) is 20.8 Å². The van der Waals surface area contributed by atoms with Gasteiger partial charge < -0.3 is 14.8 Å². The molecule has 0 aliphatic carbocycles. The highest BCUT2D eigenvalue weighted by Gasteiger charge is 2.38. The van der Waals surface area contributed by atoms with Crippen LogP contribution >= 0.6 is 0 Å². The Kier molecular flexibility index (Phi) is 4.62. The summed E-state index contributed by atoms with van der Waals surface area (Å²) in [7, 11) is -1.88. The number of carboxylic acid groups (broad SMARTS) is 1. The van der Waals surface area contributed by atoms with Crippen LogP contribution in [0, 0.1) is 0 Å². The molecule has 2 N–H and O–H groups in total. The molecule has 0 aromatic heterocycles. The zero-order chi connectivity index (χ0) is 14.8. The summed E-state index contributed by atoms with van der Waals surface area (Å²) in [5.41, 5.74) is 0. The van der Waals surface area contributed by atoms with E-state index < -0.39 is 14.4 Å². The molecule has 7 heteroatoms. The maximum absolute atomic E-state index is 11.4. The van der Waals surface area contributed by atoms with Crippen molar-refractivity contribution in [3.8, 4) is 0 Å². The van der Waals surface area contributed by atoms with Crippen molar-refractivity contribution in [2.24, 2.45) is 0 Å². The largest absolute Gasteiger partial charge is 0.465 e. The molecule has 1 fully saturated rings. The number of hydrogen-bond acceptors (Lipinski definition) is 3. The molecule has 0 bridgehead atoms. The van der Waals surface area contributed by atoms with E-state index in [2.05, 4.69) is 39.2 Å². The third kappa shape index (κ3) is 4.21. The van der Waals surface area contributed by atoms with Crippen molar-refractivity contribution in [2.45, 2.75) is 44.9 Å². The number of amides is 2. The SMILES string of the molecule is CC(C)(C)[Si](C)(C)OC[C@@H]1CN(C(=O)O)CC(=O)N1. The van der Waals surface area contributed by atoms with E-state index in [4.69, 9.17) is 9.53 Å². The van der Waals surface area contributed by atoms with Gasteiger partial charge in [0, 0.05) is 6.54 Å². The fourth-order valence-electron chi connectivity index (χ4n) is 1.59. The summed E-state index contributed by atoms with van der Waals surface area (Å²) in [6, 6.07) is -0.258. The monoisotopic (exact) mass is 288 g/mol. The summed E-state index contributed by atoms with van der Waals surface area (Å²) < 4.78 is 6.01. The fourth-order valence-corrected chi connectivity index (χ4v) is 2.64. The highest BCUT2D eigenvalue weighted by atomic mass is 28.4. The zero-order valence-electron chi connectivity index (χ0n) is 12.3. The smallest absolute Gasteiger partial charge is 0.407 e. The van der Waals surface area contributed by atoms with Gasteiger partial charge in [0.25, 0.3) is 0 Å². The van der Waals surface area contributed by atoms with Gasteiger partial charge in [-0.15, -0.1) is 0 Å². The lowest BCUT2D eigenvalue weighted by Crippen LogP contribution is -2.58. The lowest BCUT2D eigenvalue weighted by molar-refractivity contribution is -0.125. The number of carbonyl (C=O) groups excluding carboxylic acids is 1. The van der Waals surface area contributed by atoms with Crippen molar-refractivity contribution in [1.29, 1.82) is 0 Å². The van der Waals surface area contributed by atoms with Crippen LogP contribution in [0.3, 0.4) is 0 Å². The number of carbonyl (C=O) groups is 2. The summed E-state index contributed by atoms with van der Waals surface area (Å²) >= 11 is 0. The second kappa shape index (κ2) is 5.50. The van der Waals surface area contributed by atoms with E-state index in [9.17, 15) is 9.59 Å². The maximum atomic E-state index is 11.4. The van der Waals surface area contributed by atoms with Gasteiger partial charge in [-0.2, -0.15) is 0 Å². The fraction of sp³-hybridized carbons (Fsp3) is 0.833. The number of nitrogens with one attached hydrogen (secondary N) is 1. The summed E-state index contributed by atoms with van der Waals surface area (Å²) in [5, 5.41) is 11.8. The molecule has 0 radical (unpaired) electrons. The van der Waals surface area contributed by atoms with Crippen molar-refractivity contribution in [3.63, 3.8) is 0 Å². The Labute approximate surface area is 115 Å². The number of piperazine rings is 1. The quantitative estimate of drug-likeness (QED) is 0.771. The van der Waals surface area contributed by atoms with Gasteiger partial charge in [0.1, 0.15) is 6.54 Å². The van der Waals surface area contributed by atoms with Crippen molar-refractivity contribution in [1.82, 2.24) is 10.2 Å². The second-order valence-corrected chi connectivity index (χ2v) is 11.3. The topological polar surface area (TPSA) is 78.9 Å². The summed E-state index contributed by atoms with van der Waals surface area (Å²) in [4.78, 5) is 23.5. The van der Waals surface area contributed by atoms with E-state index in [-0.39, 0.29) is 30.1 Å². The molecule has 2 amide bonds. The number of nitrogens with zero attached hydrogens (tertiary/aromatic N) is 1. The van der Waals surface area contributed by atoms with Gasteiger partial charge in [-0.3, -0.25) is 9.69 Å². The third-order valence-electron chi connectivity index (χ3n) is 3.86. The van der Waals surface area contributed by atoms with Crippen LogP contribution in [0.15, 0.2) is 0 Å². The first-order valence-electron chi connectivity index (χ1n) is 6.44. The average molecular weight is 288 g/mol. The first-order chi connectivity index (χ1) is 8.53. The second-order valence-electron chi connectivity index (χ2n) is 6.50. The van der Waals surface area contributed by atoms with Crippen molar-refractivity contribution in [2.75, 3.05) is 19.7 Å². The minimum atomic E-state index is -1.88. The van der Waals surface area contributed by atoms with Gasteiger partial charge in [-0.1, -0.05) is 20.8 Å². The molecule has 6 nitrogen and oxygen atoms in total. The predicted molar refractivity (Wildman–Crippen MR) is 74.7 cm³/mol.